The average molecular weight is 299 g/mol. The number of carbonyl (C=O) groups is 1. The predicted molar refractivity (Wildman–Crippen MR) is 86.2 cm³/mol. The van der Waals surface area contributed by atoms with Crippen LogP contribution in [0, 0.1) is 5.92 Å². The number of carbonyl (C=O) groups excluding carboxylic acids is 1. The Hall–Kier alpha value is -0.650. The summed E-state index contributed by atoms with van der Waals surface area (Å²) in [5.41, 5.74) is 0. The van der Waals surface area contributed by atoms with Crippen molar-refractivity contribution in [3.63, 3.8) is 0 Å². The fraction of sp³-hybridized carbons (Fsp3) is 0.938. The van der Waals surface area contributed by atoms with Crippen LogP contribution >= 0.6 is 0 Å². The second-order valence-corrected chi connectivity index (χ2v) is 6.65. The van der Waals surface area contributed by atoms with Crippen molar-refractivity contribution in [1.82, 2.24) is 15.1 Å². The van der Waals surface area contributed by atoms with Gasteiger partial charge in [-0.05, 0) is 52.4 Å². The van der Waals surface area contributed by atoms with Gasteiger partial charge in [-0.1, -0.05) is 20.3 Å². The molecule has 2 N–H and O–H groups in total. The van der Waals surface area contributed by atoms with Gasteiger partial charge in [-0.15, -0.1) is 0 Å². The molecule has 1 saturated heterocycles. The Labute approximate surface area is 129 Å². The molecule has 1 aliphatic heterocycles. The molecule has 2 atom stereocenters. The molecule has 0 aromatic rings. The number of aliphatic hydroxyl groups is 1. The molecule has 0 saturated carbocycles. The molecule has 0 aromatic heterocycles. The molecule has 1 amide bonds. The minimum atomic E-state index is -0.480. The summed E-state index contributed by atoms with van der Waals surface area (Å²) in [5.74, 6) is 0.821. The standard InChI is InChI=1S/C16H33N3O2/c1-5-6-15(18(3)4)16(21)17-11-14(20)12-19-9-7-13(2)8-10-19/h13-15,20H,5-12H2,1-4H3,(H,17,21). The summed E-state index contributed by atoms with van der Waals surface area (Å²) >= 11 is 0. The number of piperidine rings is 1. The highest BCUT2D eigenvalue weighted by Crippen LogP contribution is 2.15. The number of rotatable bonds is 8. The van der Waals surface area contributed by atoms with Gasteiger partial charge >= 0.3 is 0 Å². The Balaban J connectivity index is 2.28. The van der Waals surface area contributed by atoms with Crippen molar-refractivity contribution in [2.45, 2.75) is 51.7 Å². The van der Waals surface area contributed by atoms with E-state index in [1.54, 1.807) is 0 Å². The van der Waals surface area contributed by atoms with Gasteiger partial charge in [0.2, 0.25) is 5.91 Å². The number of β-amino-alcohol motifs (C(OH)–C–C–N with tert-alkyl or cyclic N) is 1. The fourth-order valence-electron chi connectivity index (χ4n) is 2.84. The molecule has 5 nitrogen and oxygen atoms in total. The molecule has 0 aromatic carbocycles. The number of aliphatic hydroxyl groups excluding tert-OH is 1. The Kier molecular flexibility index (Phi) is 8.22. The van der Waals surface area contributed by atoms with E-state index in [-0.39, 0.29) is 11.9 Å². The van der Waals surface area contributed by atoms with Crippen LogP contribution in [0.15, 0.2) is 0 Å². The van der Waals surface area contributed by atoms with Crippen molar-refractivity contribution in [3.8, 4) is 0 Å². The topological polar surface area (TPSA) is 55.8 Å². The Morgan fingerprint density at radius 3 is 2.52 bits per heavy atom. The zero-order chi connectivity index (χ0) is 15.8. The lowest BCUT2D eigenvalue weighted by Crippen LogP contribution is -2.48. The molecule has 1 fully saturated rings. The molecule has 2 unspecified atom stereocenters. The van der Waals surface area contributed by atoms with Crippen LogP contribution in [-0.2, 0) is 4.79 Å². The molecule has 1 aliphatic rings. The third kappa shape index (κ3) is 6.76. The van der Waals surface area contributed by atoms with E-state index in [0.717, 1.165) is 31.8 Å². The van der Waals surface area contributed by atoms with Crippen LogP contribution in [0.3, 0.4) is 0 Å². The molecule has 1 heterocycles. The SMILES string of the molecule is CCCC(C(=O)NCC(O)CN1CCC(C)CC1)N(C)C. The van der Waals surface area contributed by atoms with E-state index in [2.05, 4.69) is 24.1 Å². The van der Waals surface area contributed by atoms with Gasteiger partial charge in [0.1, 0.15) is 0 Å². The number of hydrogen-bond donors (Lipinski definition) is 2. The lowest BCUT2D eigenvalue weighted by atomic mass is 9.99. The summed E-state index contributed by atoms with van der Waals surface area (Å²) in [7, 11) is 3.84. The summed E-state index contributed by atoms with van der Waals surface area (Å²) in [6.45, 7) is 7.48. The molecule has 21 heavy (non-hydrogen) atoms. The molecular weight excluding hydrogens is 266 g/mol. The van der Waals surface area contributed by atoms with Gasteiger partial charge in [0.25, 0.3) is 0 Å². The molecule has 0 radical (unpaired) electrons. The van der Waals surface area contributed by atoms with Crippen molar-refractivity contribution >= 4 is 5.91 Å². The quantitative estimate of drug-likeness (QED) is 0.700. The van der Waals surface area contributed by atoms with Gasteiger partial charge in [0, 0.05) is 13.1 Å². The van der Waals surface area contributed by atoms with Crippen molar-refractivity contribution in [3.05, 3.63) is 0 Å². The Morgan fingerprint density at radius 1 is 1.38 bits per heavy atom. The second-order valence-electron chi connectivity index (χ2n) is 6.65. The number of likely N-dealkylation sites (tertiary alicyclic amines) is 1. The summed E-state index contributed by atoms with van der Waals surface area (Å²) in [6, 6.07) is -0.0990. The minimum absolute atomic E-state index is 0.0215. The highest BCUT2D eigenvalue weighted by molar-refractivity contribution is 5.81. The normalized spacial score (nSPS) is 20.5. The van der Waals surface area contributed by atoms with Gasteiger partial charge in [0.15, 0.2) is 0 Å². The van der Waals surface area contributed by atoms with Crippen molar-refractivity contribution in [2.75, 3.05) is 40.3 Å². The van der Waals surface area contributed by atoms with Crippen LogP contribution < -0.4 is 5.32 Å². The molecule has 0 bridgehead atoms. The summed E-state index contributed by atoms with van der Waals surface area (Å²) in [5, 5.41) is 13.0. The number of hydrogen-bond acceptors (Lipinski definition) is 4. The third-order valence-corrected chi connectivity index (χ3v) is 4.35. The highest BCUT2D eigenvalue weighted by Gasteiger charge is 2.22. The monoisotopic (exact) mass is 299 g/mol. The van der Waals surface area contributed by atoms with Crippen molar-refractivity contribution < 1.29 is 9.90 Å². The van der Waals surface area contributed by atoms with Gasteiger partial charge in [-0.25, -0.2) is 0 Å². The van der Waals surface area contributed by atoms with Crippen molar-refractivity contribution in [1.29, 1.82) is 0 Å². The van der Waals surface area contributed by atoms with Gasteiger partial charge in [-0.2, -0.15) is 0 Å². The Bertz CT molecular complexity index is 302. The van der Waals surface area contributed by atoms with E-state index in [1.807, 2.05) is 19.0 Å². The van der Waals surface area contributed by atoms with Gasteiger partial charge in [0.05, 0.1) is 12.1 Å². The molecule has 5 heteroatoms. The molecule has 124 valence electrons. The van der Waals surface area contributed by atoms with Crippen LogP contribution in [0.1, 0.15) is 39.5 Å². The first-order valence-corrected chi connectivity index (χ1v) is 8.28. The summed E-state index contributed by atoms with van der Waals surface area (Å²) < 4.78 is 0. The summed E-state index contributed by atoms with van der Waals surface area (Å²) in [6.07, 6.45) is 3.76. The zero-order valence-electron chi connectivity index (χ0n) is 14.1. The fourth-order valence-corrected chi connectivity index (χ4v) is 2.84. The maximum absolute atomic E-state index is 12.1. The van der Waals surface area contributed by atoms with Crippen LogP contribution in [0.4, 0.5) is 0 Å². The molecular formula is C16H33N3O2. The summed E-state index contributed by atoms with van der Waals surface area (Å²) in [4.78, 5) is 16.4. The van der Waals surface area contributed by atoms with Gasteiger partial charge in [-0.3, -0.25) is 9.69 Å². The first-order valence-electron chi connectivity index (χ1n) is 8.28. The van der Waals surface area contributed by atoms with Crippen LogP contribution in [0.5, 0.6) is 0 Å². The molecule has 0 spiro atoms. The van der Waals surface area contributed by atoms with E-state index in [9.17, 15) is 9.90 Å². The smallest absolute Gasteiger partial charge is 0.237 e. The number of likely N-dealkylation sites (N-methyl/N-ethyl adjacent to an activating group) is 1. The lowest BCUT2D eigenvalue weighted by Gasteiger charge is -2.32. The maximum Gasteiger partial charge on any atom is 0.237 e. The number of nitrogens with one attached hydrogen (secondary N) is 1. The number of nitrogens with zero attached hydrogens (tertiary/aromatic N) is 2. The van der Waals surface area contributed by atoms with E-state index in [4.69, 9.17) is 0 Å². The first-order chi connectivity index (χ1) is 9.93. The highest BCUT2D eigenvalue weighted by atomic mass is 16.3. The largest absolute Gasteiger partial charge is 0.390 e. The number of amides is 1. The van der Waals surface area contributed by atoms with Crippen LogP contribution in [0.25, 0.3) is 0 Å². The first kappa shape index (κ1) is 18.4. The minimum Gasteiger partial charge on any atom is -0.390 e. The zero-order valence-corrected chi connectivity index (χ0v) is 14.1. The maximum atomic E-state index is 12.1. The van der Waals surface area contributed by atoms with E-state index in [0.29, 0.717) is 13.1 Å². The van der Waals surface area contributed by atoms with Gasteiger partial charge < -0.3 is 15.3 Å². The lowest BCUT2D eigenvalue weighted by molar-refractivity contribution is -0.126. The van der Waals surface area contributed by atoms with E-state index >= 15 is 0 Å². The molecule has 1 rings (SSSR count). The van der Waals surface area contributed by atoms with Crippen LogP contribution in [-0.4, -0.2) is 73.2 Å². The van der Waals surface area contributed by atoms with Crippen molar-refractivity contribution in [2.24, 2.45) is 5.92 Å². The van der Waals surface area contributed by atoms with Crippen LogP contribution in [0.2, 0.25) is 0 Å². The second kappa shape index (κ2) is 9.38. The van der Waals surface area contributed by atoms with E-state index < -0.39 is 6.10 Å². The third-order valence-electron chi connectivity index (χ3n) is 4.35. The Morgan fingerprint density at radius 2 is 2.00 bits per heavy atom. The predicted octanol–water partition coefficient (Wildman–Crippen LogP) is 0.926. The average Bonchev–Trinajstić information content (AvgIpc) is 2.44. The molecule has 0 aliphatic carbocycles. The van der Waals surface area contributed by atoms with E-state index in [1.165, 1.54) is 12.8 Å².